The van der Waals surface area contributed by atoms with Gasteiger partial charge in [-0.3, -0.25) is 4.79 Å². The number of hydrogen-bond donors (Lipinski definition) is 0. The van der Waals surface area contributed by atoms with Crippen LogP contribution in [0.1, 0.15) is 16.2 Å². The minimum atomic E-state index is -0.157. The minimum absolute atomic E-state index is 0. The normalized spacial score (nSPS) is 5.75. The van der Waals surface area contributed by atoms with Crippen molar-refractivity contribution in [1.29, 1.82) is 0 Å². The quantitative estimate of drug-likeness (QED) is 0.266. The standard InChI is InChI=1S/C4H8O2.2Na.2H/c1-3-4(5)6-2;;;;/h3H2,1-2H3;;;;/q;2*+1;2*-1. The van der Waals surface area contributed by atoms with Gasteiger partial charge >= 0.3 is 65.1 Å². The second-order valence-electron chi connectivity index (χ2n) is 0.930. The maximum absolute atomic E-state index is 9.96. The van der Waals surface area contributed by atoms with Crippen molar-refractivity contribution < 1.29 is 71.5 Å². The van der Waals surface area contributed by atoms with Crippen molar-refractivity contribution in [3.05, 3.63) is 0 Å². The van der Waals surface area contributed by atoms with E-state index in [2.05, 4.69) is 4.74 Å². The average Bonchev–Trinajstić information content (AvgIpc) is 1.65. The Morgan fingerprint density at radius 1 is 1.62 bits per heavy atom. The topological polar surface area (TPSA) is 26.3 Å². The minimum Gasteiger partial charge on any atom is -1.00 e. The zero-order valence-electron chi connectivity index (χ0n) is 8.02. The summed E-state index contributed by atoms with van der Waals surface area (Å²) in [5, 5.41) is 0. The van der Waals surface area contributed by atoms with Crippen LogP contribution in [0.15, 0.2) is 0 Å². The summed E-state index contributed by atoms with van der Waals surface area (Å²) < 4.78 is 4.26. The van der Waals surface area contributed by atoms with Gasteiger partial charge in [0.25, 0.3) is 0 Å². The second-order valence-corrected chi connectivity index (χ2v) is 0.930. The summed E-state index contributed by atoms with van der Waals surface area (Å²) in [4.78, 5) is 9.96. The van der Waals surface area contributed by atoms with Crippen molar-refractivity contribution >= 4 is 5.97 Å². The molecule has 0 aromatic carbocycles. The number of rotatable bonds is 1. The Morgan fingerprint density at radius 3 is 2.00 bits per heavy atom. The van der Waals surface area contributed by atoms with Crippen LogP contribution in [0.3, 0.4) is 0 Å². The van der Waals surface area contributed by atoms with Gasteiger partial charge in [-0.1, -0.05) is 6.92 Å². The molecule has 0 saturated carbocycles. The summed E-state index contributed by atoms with van der Waals surface area (Å²) >= 11 is 0. The predicted octanol–water partition coefficient (Wildman–Crippen LogP) is -5.20. The Hall–Kier alpha value is 1.47. The van der Waals surface area contributed by atoms with E-state index in [1.165, 1.54) is 7.11 Å². The number of carbonyl (C=O) groups excluding carboxylic acids is 1. The molecule has 0 aromatic rings. The molecule has 4 heteroatoms. The average molecular weight is 136 g/mol. The van der Waals surface area contributed by atoms with E-state index in [1.807, 2.05) is 0 Å². The first-order valence-electron chi connectivity index (χ1n) is 1.88. The Balaban J connectivity index is -0.0000000208. The van der Waals surface area contributed by atoms with Gasteiger partial charge in [0.15, 0.2) is 0 Å². The maximum Gasteiger partial charge on any atom is 1.00 e. The number of hydrogen-bond acceptors (Lipinski definition) is 2. The number of ether oxygens (including phenoxy) is 1. The molecule has 0 aromatic heterocycles. The first-order valence-corrected chi connectivity index (χ1v) is 1.88. The van der Waals surface area contributed by atoms with Gasteiger partial charge < -0.3 is 7.59 Å². The van der Waals surface area contributed by atoms with Crippen LogP contribution in [-0.4, -0.2) is 13.1 Å². The molecule has 0 atom stereocenters. The Kier molecular flexibility index (Phi) is 22.9. The third kappa shape index (κ3) is 10.5. The van der Waals surface area contributed by atoms with E-state index in [4.69, 9.17) is 0 Å². The Morgan fingerprint density at radius 2 is 2.00 bits per heavy atom. The Labute approximate surface area is 96.9 Å². The summed E-state index contributed by atoms with van der Waals surface area (Å²) in [6, 6.07) is 0. The van der Waals surface area contributed by atoms with Gasteiger partial charge in [-0.15, -0.1) is 0 Å². The van der Waals surface area contributed by atoms with Gasteiger partial charge in [-0.2, -0.15) is 0 Å². The smallest absolute Gasteiger partial charge is 1.00 e. The molecule has 0 aliphatic heterocycles. The molecule has 0 saturated heterocycles. The summed E-state index contributed by atoms with van der Waals surface area (Å²) in [7, 11) is 1.38. The number of carbonyl (C=O) groups is 1. The van der Waals surface area contributed by atoms with Crippen LogP contribution in [0.5, 0.6) is 0 Å². The van der Waals surface area contributed by atoms with Crippen LogP contribution in [-0.2, 0) is 9.53 Å². The van der Waals surface area contributed by atoms with E-state index in [-0.39, 0.29) is 67.9 Å². The van der Waals surface area contributed by atoms with Gasteiger partial charge in [-0.05, 0) is 0 Å². The molecule has 0 fully saturated rings. The predicted molar refractivity (Wildman–Crippen MR) is 24.5 cm³/mol. The third-order valence-electron chi connectivity index (χ3n) is 0.516. The fourth-order valence-corrected chi connectivity index (χ4v) is 0.144. The molecule has 0 bridgehead atoms. The van der Waals surface area contributed by atoms with Crippen molar-refractivity contribution in [2.45, 2.75) is 13.3 Å². The van der Waals surface area contributed by atoms with Crippen LogP contribution in [0.4, 0.5) is 0 Å². The van der Waals surface area contributed by atoms with Crippen LogP contribution < -0.4 is 59.1 Å². The fraction of sp³-hybridized carbons (Fsp3) is 0.750. The van der Waals surface area contributed by atoms with Gasteiger partial charge in [0.05, 0.1) is 7.11 Å². The largest absolute Gasteiger partial charge is 1.00 e. The third-order valence-corrected chi connectivity index (χ3v) is 0.516. The van der Waals surface area contributed by atoms with E-state index in [1.54, 1.807) is 6.92 Å². The molecular formula is C4H10Na2O2. The molecular weight excluding hydrogens is 126 g/mol. The van der Waals surface area contributed by atoms with Gasteiger partial charge in [0.2, 0.25) is 0 Å². The van der Waals surface area contributed by atoms with E-state index in [0.29, 0.717) is 6.42 Å². The van der Waals surface area contributed by atoms with E-state index in [0.717, 1.165) is 0 Å². The SMILES string of the molecule is CCC(=O)OC.[H-].[H-].[Na+].[Na+]. The molecule has 0 aliphatic rings. The molecule has 0 aliphatic carbocycles. The monoisotopic (exact) mass is 136 g/mol. The number of methoxy groups -OCH3 is 1. The molecule has 0 unspecified atom stereocenters. The van der Waals surface area contributed by atoms with Gasteiger partial charge in [0.1, 0.15) is 0 Å². The van der Waals surface area contributed by atoms with E-state index < -0.39 is 0 Å². The molecule has 0 rings (SSSR count). The van der Waals surface area contributed by atoms with Crippen molar-refractivity contribution in [3.63, 3.8) is 0 Å². The first-order chi connectivity index (χ1) is 2.81. The number of esters is 1. The molecule has 0 N–H and O–H groups in total. The van der Waals surface area contributed by atoms with Crippen molar-refractivity contribution in [3.8, 4) is 0 Å². The molecule has 2 nitrogen and oxygen atoms in total. The summed E-state index contributed by atoms with van der Waals surface area (Å²) in [6.45, 7) is 1.76. The van der Waals surface area contributed by atoms with Gasteiger partial charge in [-0.25, -0.2) is 0 Å². The molecule has 0 radical (unpaired) electrons. The molecule has 0 amide bonds. The maximum atomic E-state index is 9.96. The zero-order chi connectivity index (χ0) is 4.99. The zero-order valence-corrected chi connectivity index (χ0v) is 10.0. The molecule has 0 spiro atoms. The first kappa shape index (κ1) is 16.2. The van der Waals surface area contributed by atoms with Crippen LogP contribution in [0.2, 0.25) is 0 Å². The van der Waals surface area contributed by atoms with Crippen LogP contribution in [0.25, 0.3) is 0 Å². The van der Waals surface area contributed by atoms with E-state index >= 15 is 0 Å². The van der Waals surface area contributed by atoms with Gasteiger partial charge in [0, 0.05) is 6.42 Å². The Bertz CT molecular complexity index is 57.2. The fourth-order valence-electron chi connectivity index (χ4n) is 0.144. The van der Waals surface area contributed by atoms with Crippen LogP contribution in [0, 0.1) is 0 Å². The summed E-state index contributed by atoms with van der Waals surface area (Å²) in [6.07, 6.45) is 0.469. The molecule has 8 heavy (non-hydrogen) atoms. The van der Waals surface area contributed by atoms with Crippen molar-refractivity contribution in [2.75, 3.05) is 7.11 Å². The second kappa shape index (κ2) is 11.3. The van der Waals surface area contributed by atoms with E-state index in [9.17, 15) is 4.79 Å². The molecule has 40 valence electrons. The summed E-state index contributed by atoms with van der Waals surface area (Å²) in [5.41, 5.74) is 0. The van der Waals surface area contributed by atoms with Crippen molar-refractivity contribution in [2.24, 2.45) is 0 Å². The van der Waals surface area contributed by atoms with Crippen molar-refractivity contribution in [1.82, 2.24) is 0 Å². The summed E-state index contributed by atoms with van der Waals surface area (Å²) in [5.74, 6) is -0.157. The molecule has 0 heterocycles. The van der Waals surface area contributed by atoms with Crippen LogP contribution >= 0.6 is 0 Å².